The highest BCUT2D eigenvalue weighted by Gasteiger charge is 2.17. The molecule has 2 N–H and O–H groups in total. The Morgan fingerprint density at radius 2 is 2.62 bits per heavy atom. The quantitative estimate of drug-likeness (QED) is 0.767. The molecule has 72 valence electrons. The maximum atomic E-state index is 10.9. The van der Waals surface area contributed by atoms with Gasteiger partial charge in [-0.25, -0.2) is 4.98 Å². The molecule has 0 saturated carbocycles. The van der Waals surface area contributed by atoms with E-state index in [0.29, 0.717) is 16.5 Å². The number of hydrogen-bond donors (Lipinski definition) is 1. The molecule has 13 heavy (non-hydrogen) atoms. The molecule has 1 unspecified atom stereocenters. The topological polar surface area (TPSA) is 65.2 Å². The minimum atomic E-state index is -0.690. The van der Waals surface area contributed by atoms with E-state index < -0.39 is 12.0 Å². The van der Waals surface area contributed by atoms with Gasteiger partial charge in [0.2, 0.25) is 0 Å². The lowest BCUT2D eigenvalue weighted by atomic mass is 10.2. The summed E-state index contributed by atoms with van der Waals surface area (Å²) in [6.45, 7) is 0. The number of aromatic nitrogens is 1. The smallest absolute Gasteiger partial charge is 0.323 e. The fourth-order valence-corrected chi connectivity index (χ4v) is 1.62. The van der Waals surface area contributed by atoms with Gasteiger partial charge in [0.25, 0.3) is 0 Å². The van der Waals surface area contributed by atoms with E-state index in [0.717, 1.165) is 0 Å². The fourth-order valence-electron chi connectivity index (χ4n) is 0.831. The highest BCUT2D eigenvalue weighted by atomic mass is 35.5. The Morgan fingerprint density at radius 3 is 3.08 bits per heavy atom. The lowest BCUT2D eigenvalue weighted by molar-refractivity contribution is -0.142. The molecule has 4 nitrogen and oxygen atoms in total. The molecule has 1 aromatic rings. The Labute approximate surface area is 84.7 Å². The van der Waals surface area contributed by atoms with Crippen LogP contribution in [0.1, 0.15) is 5.69 Å². The van der Waals surface area contributed by atoms with Gasteiger partial charge in [-0.05, 0) is 0 Å². The van der Waals surface area contributed by atoms with Crippen LogP contribution in [-0.4, -0.2) is 24.1 Å². The molecular weight excluding hydrogens is 212 g/mol. The zero-order chi connectivity index (χ0) is 9.84. The maximum Gasteiger partial charge on any atom is 0.323 e. The van der Waals surface area contributed by atoms with E-state index >= 15 is 0 Å². The zero-order valence-corrected chi connectivity index (χ0v) is 8.56. The minimum absolute atomic E-state index is 0.314. The van der Waals surface area contributed by atoms with Crippen molar-refractivity contribution in [3.63, 3.8) is 0 Å². The summed E-state index contributed by atoms with van der Waals surface area (Å²) in [5.74, 6) is -0.455. The molecule has 1 atom stereocenters. The van der Waals surface area contributed by atoms with Gasteiger partial charge in [0.15, 0.2) is 0 Å². The Balaban J connectivity index is 2.59. The molecule has 0 aromatic carbocycles. The van der Waals surface area contributed by atoms with Crippen LogP contribution in [0, 0.1) is 0 Å². The van der Waals surface area contributed by atoms with Gasteiger partial charge in [0.1, 0.15) is 10.4 Å². The van der Waals surface area contributed by atoms with Crippen LogP contribution in [0.5, 0.6) is 0 Å². The molecule has 0 aliphatic carbocycles. The SMILES string of the molecule is COC(=O)C(N)Cc1ncsc1Cl. The van der Waals surface area contributed by atoms with Gasteiger partial charge >= 0.3 is 5.97 Å². The predicted molar refractivity (Wildman–Crippen MR) is 50.8 cm³/mol. The van der Waals surface area contributed by atoms with Gasteiger partial charge in [-0.3, -0.25) is 4.79 Å². The first-order valence-corrected chi connectivity index (χ1v) is 4.82. The second-order valence-corrected chi connectivity index (χ2v) is 3.86. The van der Waals surface area contributed by atoms with Crippen molar-refractivity contribution in [1.29, 1.82) is 0 Å². The van der Waals surface area contributed by atoms with E-state index in [9.17, 15) is 4.79 Å². The Bertz CT molecular complexity index is 302. The number of ether oxygens (including phenoxy) is 1. The molecule has 0 amide bonds. The first-order chi connectivity index (χ1) is 6.15. The lowest BCUT2D eigenvalue weighted by Gasteiger charge is -2.06. The number of nitrogens with zero attached hydrogens (tertiary/aromatic N) is 1. The van der Waals surface area contributed by atoms with E-state index in [-0.39, 0.29) is 0 Å². The summed E-state index contributed by atoms with van der Waals surface area (Å²) >= 11 is 7.09. The molecule has 0 saturated heterocycles. The molecule has 0 aliphatic rings. The summed E-state index contributed by atoms with van der Waals surface area (Å²) in [5.41, 5.74) is 7.78. The van der Waals surface area contributed by atoms with Crippen LogP contribution in [0.2, 0.25) is 4.34 Å². The molecule has 0 aliphatic heterocycles. The van der Waals surface area contributed by atoms with Gasteiger partial charge in [0, 0.05) is 6.42 Å². The van der Waals surface area contributed by atoms with Crippen molar-refractivity contribution in [3.8, 4) is 0 Å². The Morgan fingerprint density at radius 1 is 1.92 bits per heavy atom. The van der Waals surface area contributed by atoms with E-state index in [1.165, 1.54) is 18.4 Å². The number of rotatable bonds is 3. The van der Waals surface area contributed by atoms with Crippen LogP contribution in [0.15, 0.2) is 5.51 Å². The third kappa shape index (κ3) is 2.65. The minimum Gasteiger partial charge on any atom is -0.468 e. The second-order valence-electron chi connectivity index (χ2n) is 2.41. The predicted octanol–water partition coefficient (Wildman–Crippen LogP) is 0.839. The second kappa shape index (κ2) is 4.55. The van der Waals surface area contributed by atoms with Crippen LogP contribution < -0.4 is 5.73 Å². The molecule has 0 radical (unpaired) electrons. The fraction of sp³-hybridized carbons (Fsp3) is 0.429. The van der Waals surface area contributed by atoms with Crippen molar-refractivity contribution >= 4 is 28.9 Å². The summed E-state index contributed by atoms with van der Waals surface area (Å²) in [7, 11) is 1.30. The highest BCUT2D eigenvalue weighted by Crippen LogP contribution is 2.20. The monoisotopic (exact) mass is 220 g/mol. The average Bonchev–Trinajstić information content (AvgIpc) is 2.50. The van der Waals surface area contributed by atoms with Gasteiger partial charge in [0.05, 0.1) is 18.3 Å². The average molecular weight is 221 g/mol. The van der Waals surface area contributed by atoms with E-state index in [1.807, 2.05) is 0 Å². The van der Waals surface area contributed by atoms with Crippen molar-refractivity contribution in [1.82, 2.24) is 4.98 Å². The van der Waals surface area contributed by atoms with E-state index in [2.05, 4.69) is 9.72 Å². The molecule has 0 spiro atoms. The summed E-state index contributed by atoms with van der Waals surface area (Å²) < 4.78 is 5.04. The summed E-state index contributed by atoms with van der Waals surface area (Å²) in [6.07, 6.45) is 0.314. The molecule has 0 bridgehead atoms. The number of methoxy groups -OCH3 is 1. The third-order valence-corrected chi connectivity index (χ3v) is 2.65. The Hall–Kier alpha value is -0.650. The largest absolute Gasteiger partial charge is 0.468 e. The standard InChI is InChI=1S/C7H9ClN2O2S/c1-12-7(11)4(9)2-5-6(8)13-3-10-5/h3-4H,2,9H2,1H3. The maximum absolute atomic E-state index is 10.9. The normalized spacial score (nSPS) is 12.5. The number of thiazole rings is 1. The van der Waals surface area contributed by atoms with Crippen LogP contribution in [0.25, 0.3) is 0 Å². The number of carbonyl (C=O) groups is 1. The Kier molecular flexibility index (Phi) is 3.65. The molecule has 1 heterocycles. The first kappa shape index (κ1) is 10.4. The van der Waals surface area contributed by atoms with Crippen molar-refractivity contribution in [2.75, 3.05) is 7.11 Å². The van der Waals surface area contributed by atoms with E-state index in [1.54, 1.807) is 5.51 Å². The molecule has 1 aromatic heterocycles. The van der Waals surface area contributed by atoms with Crippen LogP contribution >= 0.6 is 22.9 Å². The van der Waals surface area contributed by atoms with Crippen molar-refractivity contribution in [3.05, 3.63) is 15.5 Å². The van der Waals surface area contributed by atoms with Crippen LogP contribution in [-0.2, 0) is 16.0 Å². The van der Waals surface area contributed by atoms with Gasteiger partial charge < -0.3 is 10.5 Å². The van der Waals surface area contributed by atoms with Crippen molar-refractivity contribution in [2.45, 2.75) is 12.5 Å². The van der Waals surface area contributed by atoms with E-state index in [4.69, 9.17) is 17.3 Å². The lowest BCUT2D eigenvalue weighted by Crippen LogP contribution is -2.33. The van der Waals surface area contributed by atoms with Gasteiger partial charge in [-0.1, -0.05) is 11.6 Å². The number of hydrogen-bond acceptors (Lipinski definition) is 5. The number of nitrogens with two attached hydrogens (primary N) is 1. The molecule has 6 heteroatoms. The molecular formula is C7H9ClN2O2S. The number of carbonyl (C=O) groups excluding carboxylic acids is 1. The number of halogens is 1. The molecule has 0 fully saturated rings. The summed E-state index contributed by atoms with van der Waals surface area (Å²) in [6, 6.07) is -0.690. The number of esters is 1. The van der Waals surface area contributed by atoms with Gasteiger partial charge in [-0.2, -0.15) is 0 Å². The first-order valence-electron chi connectivity index (χ1n) is 3.56. The van der Waals surface area contributed by atoms with Crippen LogP contribution in [0.4, 0.5) is 0 Å². The summed E-state index contributed by atoms with van der Waals surface area (Å²) in [4.78, 5) is 14.9. The van der Waals surface area contributed by atoms with Crippen LogP contribution in [0.3, 0.4) is 0 Å². The summed E-state index contributed by atoms with van der Waals surface area (Å²) in [5, 5.41) is 0. The van der Waals surface area contributed by atoms with Gasteiger partial charge in [-0.15, -0.1) is 11.3 Å². The van der Waals surface area contributed by atoms with Crippen molar-refractivity contribution < 1.29 is 9.53 Å². The zero-order valence-electron chi connectivity index (χ0n) is 6.99. The third-order valence-electron chi connectivity index (χ3n) is 1.51. The van der Waals surface area contributed by atoms with Crippen molar-refractivity contribution in [2.24, 2.45) is 5.73 Å². The highest BCUT2D eigenvalue weighted by molar-refractivity contribution is 7.14. The molecule has 1 rings (SSSR count).